The summed E-state index contributed by atoms with van der Waals surface area (Å²) in [6.45, 7) is 0. The minimum absolute atomic E-state index is 0.307. The van der Waals surface area contributed by atoms with E-state index in [-0.39, 0.29) is 0 Å². The predicted octanol–water partition coefficient (Wildman–Crippen LogP) is 3.24. The van der Waals surface area contributed by atoms with Crippen LogP contribution in [0.5, 0.6) is 0 Å². The van der Waals surface area contributed by atoms with Crippen molar-refractivity contribution in [3.63, 3.8) is 0 Å². The molecule has 1 aliphatic carbocycles. The van der Waals surface area contributed by atoms with E-state index >= 15 is 0 Å². The minimum Gasteiger partial charge on any atom is -0.271 e. The van der Waals surface area contributed by atoms with Crippen LogP contribution in [0, 0.1) is 5.92 Å². The van der Waals surface area contributed by atoms with E-state index in [1.165, 1.54) is 16.7 Å². The first kappa shape index (κ1) is 13.8. The molecule has 3 heteroatoms. The molecule has 3 rings (SSSR count). The van der Waals surface area contributed by atoms with Gasteiger partial charge in [0.1, 0.15) is 0 Å². The largest absolute Gasteiger partial charge is 0.271 e. The van der Waals surface area contributed by atoms with Gasteiger partial charge in [-0.15, -0.1) is 0 Å². The van der Waals surface area contributed by atoms with E-state index in [1.807, 2.05) is 6.07 Å². The zero-order valence-corrected chi connectivity index (χ0v) is 12.9. The van der Waals surface area contributed by atoms with Crippen LogP contribution in [-0.2, 0) is 19.3 Å². The van der Waals surface area contributed by atoms with Crippen molar-refractivity contribution in [1.29, 1.82) is 0 Å². The Labute approximate surface area is 128 Å². The second-order valence-electron chi connectivity index (χ2n) is 5.51. The van der Waals surface area contributed by atoms with Crippen LogP contribution < -0.4 is 11.3 Å². The number of fused-ring (bicyclic) bond motifs is 1. The van der Waals surface area contributed by atoms with E-state index in [4.69, 9.17) is 5.84 Å². The maximum Gasteiger partial charge on any atom is 0.0285 e. The zero-order chi connectivity index (χ0) is 13.9. The monoisotopic (exact) mass is 330 g/mol. The van der Waals surface area contributed by atoms with Crippen molar-refractivity contribution >= 4 is 15.9 Å². The lowest BCUT2D eigenvalue weighted by Crippen LogP contribution is -2.43. The van der Waals surface area contributed by atoms with Gasteiger partial charge in [-0.3, -0.25) is 11.3 Å². The third kappa shape index (κ3) is 2.80. The summed E-state index contributed by atoms with van der Waals surface area (Å²) in [6.07, 6.45) is 3.20. The van der Waals surface area contributed by atoms with E-state index in [2.05, 4.69) is 63.8 Å². The lowest BCUT2D eigenvalue weighted by atomic mass is 9.91. The average Bonchev–Trinajstić information content (AvgIpc) is 2.90. The highest BCUT2D eigenvalue weighted by Crippen LogP contribution is 2.30. The Hall–Kier alpha value is -1.16. The highest BCUT2D eigenvalue weighted by atomic mass is 79.9. The maximum absolute atomic E-state index is 5.82. The molecule has 0 fully saturated rings. The molecule has 0 aromatic heterocycles. The fourth-order valence-corrected chi connectivity index (χ4v) is 3.59. The lowest BCUT2D eigenvalue weighted by Gasteiger charge is -2.23. The number of nitrogens with two attached hydrogens (primary N) is 1. The molecule has 1 atom stereocenters. The van der Waals surface area contributed by atoms with Crippen LogP contribution in [-0.4, -0.2) is 6.04 Å². The van der Waals surface area contributed by atoms with Crippen LogP contribution in [0.3, 0.4) is 0 Å². The number of hydrazine groups is 1. The smallest absolute Gasteiger partial charge is 0.0285 e. The molecule has 0 saturated carbocycles. The van der Waals surface area contributed by atoms with Crippen LogP contribution >= 0.6 is 15.9 Å². The Balaban J connectivity index is 1.74. The van der Waals surface area contributed by atoms with Crippen molar-refractivity contribution in [2.75, 3.05) is 0 Å². The fourth-order valence-electron chi connectivity index (χ4n) is 3.14. The molecule has 0 amide bonds. The summed E-state index contributed by atoms with van der Waals surface area (Å²) in [6, 6.07) is 17.4. The van der Waals surface area contributed by atoms with Gasteiger partial charge >= 0.3 is 0 Å². The van der Waals surface area contributed by atoms with Crippen molar-refractivity contribution in [2.24, 2.45) is 11.8 Å². The minimum atomic E-state index is 0.307. The van der Waals surface area contributed by atoms with Crippen LogP contribution in [0.2, 0.25) is 0 Å². The SMILES string of the molecule is NNC(Cc1ccccc1Br)C1Cc2ccccc2C1. The van der Waals surface area contributed by atoms with Crippen molar-refractivity contribution in [1.82, 2.24) is 5.43 Å². The third-order valence-electron chi connectivity index (χ3n) is 4.26. The van der Waals surface area contributed by atoms with Crippen LogP contribution in [0.25, 0.3) is 0 Å². The van der Waals surface area contributed by atoms with Gasteiger partial charge < -0.3 is 0 Å². The second-order valence-corrected chi connectivity index (χ2v) is 6.36. The molecule has 104 valence electrons. The number of benzene rings is 2. The first-order valence-corrected chi connectivity index (χ1v) is 7.83. The number of hydrogen-bond donors (Lipinski definition) is 2. The van der Waals surface area contributed by atoms with E-state index < -0.39 is 0 Å². The van der Waals surface area contributed by atoms with Gasteiger partial charge in [0.15, 0.2) is 0 Å². The third-order valence-corrected chi connectivity index (χ3v) is 5.04. The number of hydrogen-bond acceptors (Lipinski definition) is 2. The van der Waals surface area contributed by atoms with Crippen LogP contribution in [0.1, 0.15) is 16.7 Å². The van der Waals surface area contributed by atoms with Gasteiger partial charge in [-0.1, -0.05) is 58.4 Å². The topological polar surface area (TPSA) is 38.0 Å². The number of halogens is 1. The summed E-state index contributed by atoms with van der Waals surface area (Å²) in [5.74, 6) is 6.39. The molecule has 20 heavy (non-hydrogen) atoms. The van der Waals surface area contributed by atoms with Crippen LogP contribution in [0.4, 0.5) is 0 Å². The zero-order valence-electron chi connectivity index (χ0n) is 11.4. The number of rotatable bonds is 4. The molecule has 2 nitrogen and oxygen atoms in total. The number of nitrogens with one attached hydrogen (secondary N) is 1. The Morgan fingerprint density at radius 3 is 2.25 bits per heavy atom. The molecule has 0 saturated heterocycles. The lowest BCUT2D eigenvalue weighted by molar-refractivity contribution is 0.366. The summed E-state index contributed by atoms with van der Waals surface area (Å²) in [4.78, 5) is 0. The van der Waals surface area contributed by atoms with Gasteiger partial charge in [-0.25, -0.2) is 0 Å². The van der Waals surface area contributed by atoms with Crippen LogP contribution in [0.15, 0.2) is 53.0 Å². The first-order valence-electron chi connectivity index (χ1n) is 7.04. The molecular formula is C17H19BrN2. The molecule has 2 aromatic carbocycles. The molecule has 0 heterocycles. The van der Waals surface area contributed by atoms with E-state index in [1.54, 1.807) is 0 Å². The van der Waals surface area contributed by atoms with Gasteiger partial charge in [0.05, 0.1) is 0 Å². The molecular weight excluding hydrogens is 312 g/mol. The van der Waals surface area contributed by atoms with E-state index in [0.717, 1.165) is 23.7 Å². The Morgan fingerprint density at radius 2 is 1.65 bits per heavy atom. The highest BCUT2D eigenvalue weighted by molar-refractivity contribution is 9.10. The summed E-state index contributed by atoms with van der Waals surface area (Å²) >= 11 is 3.62. The summed E-state index contributed by atoms with van der Waals surface area (Å²) in [5, 5.41) is 0. The molecule has 2 aromatic rings. The van der Waals surface area contributed by atoms with Gasteiger partial charge in [0, 0.05) is 10.5 Å². The summed E-state index contributed by atoms with van der Waals surface area (Å²) < 4.78 is 1.16. The van der Waals surface area contributed by atoms with Gasteiger partial charge in [0.25, 0.3) is 0 Å². The molecule has 1 unspecified atom stereocenters. The Morgan fingerprint density at radius 1 is 1.05 bits per heavy atom. The van der Waals surface area contributed by atoms with Crippen molar-refractivity contribution < 1.29 is 0 Å². The second kappa shape index (κ2) is 6.08. The summed E-state index contributed by atoms with van der Waals surface area (Å²) in [7, 11) is 0. The molecule has 0 spiro atoms. The quantitative estimate of drug-likeness (QED) is 0.667. The van der Waals surface area contributed by atoms with Crippen molar-refractivity contribution in [3.05, 3.63) is 69.7 Å². The molecule has 0 bridgehead atoms. The molecule has 1 aliphatic rings. The average molecular weight is 331 g/mol. The molecule has 0 aliphatic heterocycles. The van der Waals surface area contributed by atoms with E-state index in [0.29, 0.717) is 12.0 Å². The molecule has 3 N–H and O–H groups in total. The maximum atomic E-state index is 5.82. The Bertz CT molecular complexity index is 572. The highest BCUT2D eigenvalue weighted by Gasteiger charge is 2.28. The Kier molecular flexibility index (Phi) is 4.20. The van der Waals surface area contributed by atoms with Gasteiger partial charge in [-0.05, 0) is 47.9 Å². The molecule has 0 radical (unpaired) electrons. The van der Waals surface area contributed by atoms with E-state index in [9.17, 15) is 0 Å². The standard InChI is InChI=1S/C17H19BrN2/c18-16-8-4-3-7-14(16)11-17(20-19)15-9-12-5-1-2-6-13(12)10-15/h1-8,15,17,20H,9-11,19H2. The van der Waals surface area contributed by atoms with Gasteiger partial charge in [-0.2, -0.15) is 0 Å². The van der Waals surface area contributed by atoms with Crippen molar-refractivity contribution in [3.8, 4) is 0 Å². The summed E-state index contributed by atoms with van der Waals surface area (Å²) in [5.41, 5.74) is 7.30. The first-order chi connectivity index (χ1) is 9.78. The normalized spacial score (nSPS) is 16.1. The van der Waals surface area contributed by atoms with Crippen molar-refractivity contribution in [2.45, 2.75) is 25.3 Å². The van der Waals surface area contributed by atoms with Gasteiger partial charge in [0.2, 0.25) is 0 Å². The fraction of sp³-hybridized carbons (Fsp3) is 0.294. The predicted molar refractivity (Wildman–Crippen MR) is 86.3 cm³/mol.